The molecular weight excluding hydrogens is 214 g/mol. The van der Waals surface area contributed by atoms with E-state index < -0.39 is 0 Å². The minimum absolute atomic E-state index is 0.537. The highest BCUT2D eigenvalue weighted by molar-refractivity contribution is 5.38. The van der Waals surface area contributed by atoms with Crippen molar-refractivity contribution in [3.8, 4) is 0 Å². The van der Waals surface area contributed by atoms with E-state index in [1.54, 1.807) is 0 Å². The summed E-state index contributed by atoms with van der Waals surface area (Å²) in [6.07, 6.45) is 5.35. The van der Waals surface area contributed by atoms with Crippen molar-refractivity contribution in [3.05, 3.63) is 29.7 Å². The summed E-state index contributed by atoms with van der Waals surface area (Å²) in [5.74, 6) is 0.915. The molecule has 0 bridgehead atoms. The Labute approximate surface area is 100 Å². The van der Waals surface area contributed by atoms with Crippen molar-refractivity contribution >= 4 is 5.65 Å². The van der Waals surface area contributed by atoms with Gasteiger partial charge in [0.15, 0.2) is 11.5 Å². The number of nitrogens with zero attached hydrogens (tertiary/aromatic N) is 3. The van der Waals surface area contributed by atoms with E-state index in [0.29, 0.717) is 12.6 Å². The molecule has 1 fully saturated rings. The topological polar surface area (TPSA) is 68.2 Å². The Morgan fingerprint density at radius 3 is 3.18 bits per heavy atom. The Kier molecular flexibility index (Phi) is 2.78. The number of pyridine rings is 1. The van der Waals surface area contributed by atoms with Crippen LogP contribution in [0.15, 0.2) is 18.3 Å². The smallest absolute Gasteiger partial charge is 0.155 e. The Morgan fingerprint density at radius 1 is 1.47 bits per heavy atom. The minimum Gasteiger partial charge on any atom is -0.326 e. The van der Waals surface area contributed by atoms with E-state index in [4.69, 9.17) is 5.73 Å². The minimum atomic E-state index is 0.537. The summed E-state index contributed by atoms with van der Waals surface area (Å²) < 4.78 is 1.83. The van der Waals surface area contributed by atoms with Crippen LogP contribution in [0.5, 0.6) is 0 Å². The third-order valence-corrected chi connectivity index (χ3v) is 3.26. The van der Waals surface area contributed by atoms with Crippen LogP contribution in [0.3, 0.4) is 0 Å². The molecule has 0 spiro atoms. The van der Waals surface area contributed by atoms with Crippen LogP contribution in [0.1, 0.15) is 24.2 Å². The Bertz CT molecular complexity index is 513. The van der Waals surface area contributed by atoms with Gasteiger partial charge in [0.25, 0.3) is 0 Å². The van der Waals surface area contributed by atoms with Crippen molar-refractivity contribution in [2.75, 3.05) is 6.54 Å². The molecule has 1 aliphatic rings. The SMILES string of the molecule is NCc1ccc2nc(CC3CCCN3)nn2c1. The van der Waals surface area contributed by atoms with Crippen molar-refractivity contribution in [1.82, 2.24) is 19.9 Å². The summed E-state index contributed by atoms with van der Waals surface area (Å²) in [6.45, 7) is 1.66. The first-order chi connectivity index (χ1) is 8.35. The second-order valence-electron chi connectivity index (χ2n) is 4.57. The van der Waals surface area contributed by atoms with Crippen molar-refractivity contribution in [2.24, 2.45) is 5.73 Å². The lowest BCUT2D eigenvalue weighted by atomic mass is 10.1. The summed E-state index contributed by atoms with van der Waals surface area (Å²) in [4.78, 5) is 4.52. The molecule has 90 valence electrons. The maximum atomic E-state index is 5.61. The average molecular weight is 231 g/mol. The molecule has 1 unspecified atom stereocenters. The summed E-state index contributed by atoms with van der Waals surface area (Å²) in [5.41, 5.74) is 7.58. The molecule has 3 rings (SSSR count). The monoisotopic (exact) mass is 231 g/mol. The first-order valence-electron chi connectivity index (χ1n) is 6.13. The zero-order chi connectivity index (χ0) is 11.7. The molecule has 0 amide bonds. The van der Waals surface area contributed by atoms with E-state index in [1.165, 1.54) is 12.8 Å². The summed E-state index contributed by atoms with van der Waals surface area (Å²) in [6, 6.07) is 4.52. The molecule has 17 heavy (non-hydrogen) atoms. The predicted octanol–water partition coefficient (Wildman–Crippen LogP) is 0.482. The second kappa shape index (κ2) is 4.43. The van der Waals surface area contributed by atoms with Crippen molar-refractivity contribution in [3.63, 3.8) is 0 Å². The zero-order valence-electron chi connectivity index (χ0n) is 9.76. The van der Waals surface area contributed by atoms with Crippen LogP contribution in [-0.2, 0) is 13.0 Å². The van der Waals surface area contributed by atoms with Crippen molar-refractivity contribution < 1.29 is 0 Å². The Morgan fingerprint density at radius 2 is 2.41 bits per heavy atom. The van der Waals surface area contributed by atoms with E-state index in [0.717, 1.165) is 30.0 Å². The molecular formula is C12H17N5. The normalized spacial score (nSPS) is 20.2. The fourth-order valence-electron chi connectivity index (χ4n) is 2.33. The number of fused-ring (bicyclic) bond motifs is 1. The summed E-state index contributed by atoms with van der Waals surface area (Å²) >= 11 is 0. The molecule has 1 aliphatic heterocycles. The maximum absolute atomic E-state index is 5.61. The van der Waals surface area contributed by atoms with Gasteiger partial charge in [-0.2, -0.15) is 5.10 Å². The van der Waals surface area contributed by atoms with Crippen molar-refractivity contribution in [1.29, 1.82) is 0 Å². The van der Waals surface area contributed by atoms with E-state index in [-0.39, 0.29) is 0 Å². The van der Waals surface area contributed by atoms with Crippen LogP contribution in [0.25, 0.3) is 5.65 Å². The lowest BCUT2D eigenvalue weighted by Gasteiger charge is -2.05. The molecule has 2 aromatic heterocycles. The van der Waals surface area contributed by atoms with E-state index in [2.05, 4.69) is 15.4 Å². The molecule has 5 heteroatoms. The van der Waals surface area contributed by atoms with E-state index in [1.807, 2.05) is 22.8 Å². The van der Waals surface area contributed by atoms with Gasteiger partial charge in [-0.05, 0) is 31.0 Å². The van der Waals surface area contributed by atoms with Gasteiger partial charge in [-0.25, -0.2) is 9.50 Å². The lowest BCUT2D eigenvalue weighted by molar-refractivity contribution is 0.585. The third-order valence-electron chi connectivity index (χ3n) is 3.26. The average Bonchev–Trinajstić information content (AvgIpc) is 2.96. The van der Waals surface area contributed by atoms with Gasteiger partial charge in [0.1, 0.15) is 0 Å². The molecule has 0 aliphatic carbocycles. The molecule has 2 aromatic rings. The van der Waals surface area contributed by atoms with Crippen LogP contribution < -0.4 is 11.1 Å². The van der Waals surface area contributed by atoms with Gasteiger partial charge >= 0.3 is 0 Å². The first-order valence-corrected chi connectivity index (χ1v) is 6.13. The predicted molar refractivity (Wildman–Crippen MR) is 65.6 cm³/mol. The molecule has 3 N–H and O–H groups in total. The zero-order valence-corrected chi connectivity index (χ0v) is 9.76. The molecule has 3 heterocycles. The number of hydrogen-bond acceptors (Lipinski definition) is 4. The molecule has 0 saturated carbocycles. The largest absolute Gasteiger partial charge is 0.326 e. The van der Waals surface area contributed by atoms with E-state index >= 15 is 0 Å². The number of aromatic nitrogens is 3. The maximum Gasteiger partial charge on any atom is 0.155 e. The Hall–Kier alpha value is -1.46. The van der Waals surface area contributed by atoms with Crippen LogP contribution in [0, 0.1) is 0 Å². The summed E-state index contributed by atoms with van der Waals surface area (Å²) in [5, 5.41) is 7.96. The first kappa shape index (κ1) is 10.7. The molecule has 0 aromatic carbocycles. The summed E-state index contributed by atoms with van der Waals surface area (Å²) in [7, 11) is 0. The Balaban J connectivity index is 1.85. The standard InChI is InChI=1S/C12H17N5/c13-7-9-3-4-12-15-11(16-17(12)8-9)6-10-2-1-5-14-10/h3-4,8,10,14H,1-2,5-7,13H2. The van der Waals surface area contributed by atoms with Gasteiger partial charge in [0, 0.05) is 25.2 Å². The molecule has 0 radical (unpaired) electrons. The van der Waals surface area contributed by atoms with Crippen LogP contribution in [0.4, 0.5) is 0 Å². The van der Waals surface area contributed by atoms with Crippen LogP contribution in [0.2, 0.25) is 0 Å². The number of rotatable bonds is 3. The van der Waals surface area contributed by atoms with Gasteiger partial charge in [-0.15, -0.1) is 0 Å². The van der Waals surface area contributed by atoms with Crippen molar-refractivity contribution in [2.45, 2.75) is 31.8 Å². The highest BCUT2D eigenvalue weighted by atomic mass is 15.3. The molecule has 1 atom stereocenters. The van der Waals surface area contributed by atoms with E-state index in [9.17, 15) is 0 Å². The second-order valence-corrected chi connectivity index (χ2v) is 4.57. The molecule has 5 nitrogen and oxygen atoms in total. The fourth-order valence-corrected chi connectivity index (χ4v) is 2.33. The molecule has 1 saturated heterocycles. The number of hydrogen-bond donors (Lipinski definition) is 2. The lowest BCUT2D eigenvalue weighted by Crippen LogP contribution is -2.24. The van der Waals surface area contributed by atoms with Crippen LogP contribution in [-0.4, -0.2) is 27.2 Å². The van der Waals surface area contributed by atoms with Gasteiger partial charge in [0.05, 0.1) is 0 Å². The van der Waals surface area contributed by atoms with Gasteiger partial charge in [-0.3, -0.25) is 0 Å². The fraction of sp³-hybridized carbons (Fsp3) is 0.500. The highest BCUT2D eigenvalue weighted by Gasteiger charge is 2.16. The van der Waals surface area contributed by atoms with Gasteiger partial charge < -0.3 is 11.1 Å². The third kappa shape index (κ3) is 2.16. The van der Waals surface area contributed by atoms with Crippen LogP contribution >= 0.6 is 0 Å². The number of nitrogens with one attached hydrogen (secondary N) is 1. The highest BCUT2D eigenvalue weighted by Crippen LogP contribution is 2.11. The van der Waals surface area contributed by atoms with Gasteiger partial charge in [0.2, 0.25) is 0 Å². The number of nitrogens with two attached hydrogens (primary N) is 1. The van der Waals surface area contributed by atoms with Gasteiger partial charge in [-0.1, -0.05) is 6.07 Å². The quantitative estimate of drug-likeness (QED) is 0.806.